The second-order valence-corrected chi connectivity index (χ2v) is 8.76. The quantitative estimate of drug-likeness (QED) is 0.741. The number of nitrogens with one attached hydrogen (secondary N) is 1. The van der Waals surface area contributed by atoms with Gasteiger partial charge in [0.05, 0.1) is 11.7 Å². The van der Waals surface area contributed by atoms with E-state index in [1.165, 1.54) is 27.1 Å². The molecule has 9 heteroatoms. The fourth-order valence-corrected chi connectivity index (χ4v) is 5.28. The van der Waals surface area contributed by atoms with Crippen LogP contribution in [0.3, 0.4) is 0 Å². The van der Waals surface area contributed by atoms with E-state index in [0.29, 0.717) is 16.4 Å². The first-order valence-electron chi connectivity index (χ1n) is 8.67. The molecule has 136 valence electrons. The Morgan fingerprint density at radius 1 is 1.38 bits per heavy atom. The Bertz CT molecular complexity index is 1040. The summed E-state index contributed by atoms with van der Waals surface area (Å²) < 4.78 is 1.38. The molecule has 1 atom stereocenters. The zero-order valence-electron chi connectivity index (χ0n) is 14.6. The molecule has 1 amide bonds. The Kier molecular flexibility index (Phi) is 4.58. The molecule has 0 saturated heterocycles. The average Bonchev–Trinajstić information content (AvgIpc) is 3.21. The zero-order valence-corrected chi connectivity index (χ0v) is 16.2. The molecule has 0 saturated carbocycles. The highest BCUT2D eigenvalue weighted by molar-refractivity contribution is 7.18. The van der Waals surface area contributed by atoms with Crippen LogP contribution in [0.25, 0.3) is 10.2 Å². The number of amides is 1. The van der Waals surface area contributed by atoms with E-state index >= 15 is 0 Å². The monoisotopic (exact) mass is 389 g/mol. The minimum Gasteiger partial charge on any atom is -0.299 e. The summed E-state index contributed by atoms with van der Waals surface area (Å²) in [6.07, 6.45) is 5.24. The number of hydrogen-bond donors (Lipinski definition) is 1. The van der Waals surface area contributed by atoms with Gasteiger partial charge in [-0.3, -0.25) is 19.5 Å². The lowest BCUT2D eigenvalue weighted by atomic mass is 9.89. The van der Waals surface area contributed by atoms with Crippen molar-refractivity contribution in [3.8, 4) is 0 Å². The van der Waals surface area contributed by atoms with Crippen LogP contribution in [0.1, 0.15) is 35.7 Å². The van der Waals surface area contributed by atoms with Gasteiger partial charge in [-0.25, -0.2) is 4.98 Å². The fourth-order valence-electron chi connectivity index (χ4n) is 3.24. The van der Waals surface area contributed by atoms with Crippen LogP contribution in [0, 0.1) is 5.92 Å². The number of aryl methyl sites for hydroxylation is 2. The van der Waals surface area contributed by atoms with Crippen LogP contribution < -0.4 is 10.9 Å². The van der Waals surface area contributed by atoms with E-state index in [-0.39, 0.29) is 18.0 Å². The predicted octanol–water partition coefficient (Wildman–Crippen LogP) is 2.64. The van der Waals surface area contributed by atoms with E-state index in [4.69, 9.17) is 0 Å². The van der Waals surface area contributed by atoms with Crippen LogP contribution >= 0.6 is 22.7 Å². The van der Waals surface area contributed by atoms with Crippen molar-refractivity contribution < 1.29 is 4.79 Å². The average molecular weight is 390 g/mol. The number of rotatable bonds is 4. The van der Waals surface area contributed by atoms with Crippen LogP contribution in [0.4, 0.5) is 5.13 Å². The highest BCUT2D eigenvalue weighted by Gasteiger charge is 2.23. The van der Waals surface area contributed by atoms with Gasteiger partial charge in [-0.05, 0) is 37.2 Å². The lowest BCUT2D eigenvalue weighted by Gasteiger charge is -2.17. The Hall–Kier alpha value is -2.13. The molecule has 0 aliphatic heterocycles. The maximum atomic E-state index is 12.9. The number of carbonyl (C=O) groups is 1. The molecule has 0 aromatic carbocycles. The summed E-state index contributed by atoms with van der Waals surface area (Å²) in [5.74, 6) is 0.341. The number of nitrogens with zero attached hydrogens (tertiary/aromatic N) is 4. The van der Waals surface area contributed by atoms with Crippen LogP contribution in [-0.4, -0.2) is 25.7 Å². The normalized spacial score (nSPS) is 16.6. The first kappa shape index (κ1) is 17.3. The number of thiophene rings is 1. The molecule has 1 N–H and O–H groups in total. The number of hydrogen-bond acceptors (Lipinski definition) is 7. The van der Waals surface area contributed by atoms with E-state index in [1.807, 2.05) is 6.92 Å². The van der Waals surface area contributed by atoms with E-state index in [9.17, 15) is 9.59 Å². The summed E-state index contributed by atoms with van der Waals surface area (Å²) in [4.78, 5) is 31.7. The maximum Gasteiger partial charge on any atom is 0.262 e. The van der Waals surface area contributed by atoms with Gasteiger partial charge in [-0.1, -0.05) is 25.2 Å². The number of fused-ring (bicyclic) bond motifs is 3. The summed E-state index contributed by atoms with van der Waals surface area (Å²) in [5, 5.41) is 12.6. The second kappa shape index (κ2) is 6.88. The fraction of sp³-hybridized carbons (Fsp3) is 0.471. The van der Waals surface area contributed by atoms with E-state index in [1.54, 1.807) is 11.3 Å². The molecule has 0 spiro atoms. The zero-order chi connectivity index (χ0) is 18.3. The molecule has 0 radical (unpaired) electrons. The third-order valence-corrected chi connectivity index (χ3v) is 6.76. The second-order valence-electron chi connectivity index (χ2n) is 6.61. The van der Waals surface area contributed by atoms with Crippen molar-refractivity contribution in [3.05, 3.63) is 32.1 Å². The van der Waals surface area contributed by atoms with Gasteiger partial charge in [0.15, 0.2) is 0 Å². The molecule has 4 rings (SSSR count). The van der Waals surface area contributed by atoms with E-state index in [0.717, 1.165) is 41.1 Å². The lowest BCUT2D eigenvalue weighted by molar-refractivity contribution is -0.116. The molecule has 1 unspecified atom stereocenters. The Balaban J connectivity index is 1.59. The van der Waals surface area contributed by atoms with Crippen molar-refractivity contribution in [1.82, 2.24) is 19.7 Å². The molecule has 26 heavy (non-hydrogen) atoms. The summed E-state index contributed by atoms with van der Waals surface area (Å²) >= 11 is 2.95. The SMILES string of the molecule is CCc1nnc(NC(=O)Cn2cnc3sc4c(c3c2=O)CCC(C)C4)s1. The van der Waals surface area contributed by atoms with Gasteiger partial charge < -0.3 is 0 Å². The molecule has 3 aromatic heterocycles. The minimum atomic E-state index is -0.301. The van der Waals surface area contributed by atoms with Crippen LogP contribution in [0.2, 0.25) is 0 Å². The molecule has 7 nitrogen and oxygen atoms in total. The van der Waals surface area contributed by atoms with Crippen molar-refractivity contribution in [3.63, 3.8) is 0 Å². The van der Waals surface area contributed by atoms with Crippen LogP contribution in [0.5, 0.6) is 0 Å². The van der Waals surface area contributed by atoms with Crippen molar-refractivity contribution in [2.45, 2.75) is 46.1 Å². The predicted molar refractivity (Wildman–Crippen MR) is 103 cm³/mol. The van der Waals surface area contributed by atoms with Crippen LogP contribution in [0.15, 0.2) is 11.1 Å². The van der Waals surface area contributed by atoms with Crippen molar-refractivity contribution in [2.75, 3.05) is 5.32 Å². The first-order chi connectivity index (χ1) is 12.5. The largest absolute Gasteiger partial charge is 0.299 e. The molecule has 0 bridgehead atoms. The first-order valence-corrected chi connectivity index (χ1v) is 10.3. The topological polar surface area (TPSA) is 89.8 Å². The van der Waals surface area contributed by atoms with Crippen LogP contribution in [-0.2, 0) is 30.6 Å². The van der Waals surface area contributed by atoms with E-state index < -0.39 is 0 Å². The Morgan fingerprint density at radius 3 is 3.00 bits per heavy atom. The molecule has 3 aromatic rings. The third-order valence-electron chi connectivity index (χ3n) is 4.61. The minimum absolute atomic E-state index is 0.0795. The van der Waals surface area contributed by atoms with E-state index in [2.05, 4.69) is 27.4 Å². The van der Waals surface area contributed by atoms with Gasteiger partial charge in [0.25, 0.3) is 5.56 Å². The molecule has 1 aliphatic rings. The smallest absolute Gasteiger partial charge is 0.262 e. The highest BCUT2D eigenvalue weighted by Crippen LogP contribution is 2.35. The van der Waals surface area contributed by atoms with Crippen molar-refractivity contribution in [2.24, 2.45) is 5.92 Å². The molecular formula is C17H19N5O2S2. The number of anilines is 1. The summed E-state index contributed by atoms with van der Waals surface area (Å²) in [7, 11) is 0. The molecular weight excluding hydrogens is 370 g/mol. The Morgan fingerprint density at radius 2 is 2.23 bits per heavy atom. The maximum absolute atomic E-state index is 12.9. The molecule has 1 aliphatic carbocycles. The van der Waals surface area contributed by atoms with Gasteiger partial charge in [-0.2, -0.15) is 0 Å². The number of aromatic nitrogens is 4. The highest BCUT2D eigenvalue weighted by atomic mass is 32.1. The van der Waals surface area contributed by atoms with Crippen molar-refractivity contribution >= 4 is 43.9 Å². The van der Waals surface area contributed by atoms with Gasteiger partial charge in [0, 0.05) is 4.88 Å². The van der Waals surface area contributed by atoms with Gasteiger partial charge in [0.2, 0.25) is 11.0 Å². The van der Waals surface area contributed by atoms with Gasteiger partial charge in [0.1, 0.15) is 16.4 Å². The summed E-state index contributed by atoms with van der Waals surface area (Å²) in [6, 6.07) is 0. The van der Waals surface area contributed by atoms with Gasteiger partial charge >= 0.3 is 0 Å². The van der Waals surface area contributed by atoms with Gasteiger partial charge in [-0.15, -0.1) is 21.5 Å². The Labute approximate surface area is 158 Å². The standard InChI is InChI=1S/C17H19N5O2S2/c1-3-13-20-21-17(26-13)19-12(23)7-22-8-18-15-14(16(22)24)10-5-4-9(2)6-11(10)25-15/h8-9H,3-7H2,1-2H3,(H,19,21,23). The molecule has 0 fully saturated rings. The third kappa shape index (κ3) is 3.16. The lowest BCUT2D eigenvalue weighted by Crippen LogP contribution is -2.28. The molecule has 3 heterocycles. The number of carbonyl (C=O) groups excluding carboxylic acids is 1. The summed E-state index contributed by atoms with van der Waals surface area (Å²) in [5.41, 5.74) is 0.996. The summed E-state index contributed by atoms with van der Waals surface area (Å²) in [6.45, 7) is 4.14. The van der Waals surface area contributed by atoms with Crippen molar-refractivity contribution in [1.29, 1.82) is 0 Å².